The van der Waals surface area contributed by atoms with E-state index in [1.165, 1.54) is 0 Å². The van der Waals surface area contributed by atoms with Crippen molar-refractivity contribution >= 4 is 11.6 Å². The maximum absolute atomic E-state index is 12.6. The molecule has 0 saturated carbocycles. The molecule has 2 aromatic carbocycles. The lowest BCUT2D eigenvalue weighted by Crippen LogP contribution is -2.32. The Morgan fingerprint density at radius 1 is 1.14 bits per heavy atom. The van der Waals surface area contributed by atoms with Crippen LogP contribution in [0.25, 0.3) is 0 Å². The molecule has 0 radical (unpaired) electrons. The van der Waals surface area contributed by atoms with Gasteiger partial charge >= 0.3 is 0 Å². The number of carbonyl (C=O) groups is 1. The summed E-state index contributed by atoms with van der Waals surface area (Å²) in [5.41, 5.74) is 2.84. The van der Waals surface area contributed by atoms with Gasteiger partial charge in [-0.1, -0.05) is 36.4 Å². The molecule has 1 N–H and O–H groups in total. The van der Waals surface area contributed by atoms with Crippen molar-refractivity contribution in [3.63, 3.8) is 0 Å². The van der Waals surface area contributed by atoms with Crippen LogP contribution in [0.3, 0.4) is 0 Å². The van der Waals surface area contributed by atoms with Gasteiger partial charge in [-0.05, 0) is 30.2 Å². The van der Waals surface area contributed by atoms with Gasteiger partial charge < -0.3 is 15.0 Å². The van der Waals surface area contributed by atoms with Gasteiger partial charge in [0.25, 0.3) is 0 Å². The first kappa shape index (κ1) is 15.9. The van der Waals surface area contributed by atoms with Crippen molar-refractivity contribution in [2.75, 3.05) is 26.5 Å². The standard InChI is InChI=1S/C18H22N2O2/c1-13-10-11-16(22-4)15(12-13)19-17(18(21)20(2)3)14-8-6-5-7-9-14/h5-12,17,19H,1-4H3/t17-/m1/s1. The van der Waals surface area contributed by atoms with Crippen molar-refractivity contribution in [3.05, 3.63) is 59.7 Å². The summed E-state index contributed by atoms with van der Waals surface area (Å²) in [6, 6.07) is 15.1. The number of nitrogens with zero attached hydrogens (tertiary/aromatic N) is 1. The summed E-state index contributed by atoms with van der Waals surface area (Å²) in [6.45, 7) is 2.01. The summed E-state index contributed by atoms with van der Waals surface area (Å²) in [6.07, 6.45) is 0. The minimum atomic E-state index is -0.452. The van der Waals surface area contributed by atoms with Crippen LogP contribution in [0.15, 0.2) is 48.5 Å². The summed E-state index contributed by atoms with van der Waals surface area (Å²) < 4.78 is 5.39. The van der Waals surface area contributed by atoms with Crippen molar-refractivity contribution in [1.29, 1.82) is 0 Å². The Hall–Kier alpha value is -2.49. The summed E-state index contributed by atoms with van der Waals surface area (Å²) in [7, 11) is 5.14. The minimum absolute atomic E-state index is 0.00485. The SMILES string of the molecule is COc1ccc(C)cc1N[C@@H](C(=O)N(C)C)c1ccccc1. The van der Waals surface area contributed by atoms with E-state index in [1.807, 2.05) is 55.5 Å². The lowest BCUT2D eigenvalue weighted by atomic mass is 10.0. The zero-order valence-corrected chi connectivity index (χ0v) is 13.5. The third-order valence-corrected chi connectivity index (χ3v) is 3.48. The monoisotopic (exact) mass is 298 g/mol. The van der Waals surface area contributed by atoms with Gasteiger partial charge in [0.2, 0.25) is 5.91 Å². The van der Waals surface area contributed by atoms with Crippen LogP contribution in [-0.4, -0.2) is 32.0 Å². The van der Waals surface area contributed by atoms with E-state index >= 15 is 0 Å². The fourth-order valence-corrected chi connectivity index (χ4v) is 2.28. The number of carbonyl (C=O) groups excluding carboxylic acids is 1. The van der Waals surface area contributed by atoms with Crippen molar-refractivity contribution in [2.24, 2.45) is 0 Å². The number of benzene rings is 2. The highest BCUT2D eigenvalue weighted by Crippen LogP contribution is 2.30. The molecular weight excluding hydrogens is 276 g/mol. The molecule has 0 heterocycles. The first-order valence-electron chi connectivity index (χ1n) is 7.20. The lowest BCUT2D eigenvalue weighted by molar-refractivity contribution is -0.129. The van der Waals surface area contributed by atoms with Gasteiger partial charge in [0.1, 0.15) is 11.8 Å². The van der Waals surface area contributed by atoms with Gasteiger partial charge in [0, 0.05) is 14.1 Å². The number of amides is 1. The Bertz CT molecular complexity index is 639. The quantitative estimate of drug-likeness (QED) is 0.921. The number of aryl methyl sites for hydroxylation is 1. The molecule has 2 aromatic rings. The Labute approximate surface area is 131 Å². The molecule has 0 saturated heterocycles. The molecule has 0 spiro atoms. The summed E-state index contributed by atoms with van der Waals surface area (Å²) in [5, 5.41) is 3.32. The van der Waals surface area contributed by atoms with E-state index in [-0.39, 0.29) is 5.91 Å². The van der Waals surface area contributed by atoms with Crippen LogP contribution in [0, 0.1) is 6.92 Å². The van der Waals surface area contributed by atoms with Crippen molar-refractivity contribution < 1.29 is 9.53 Å². The number of rotatable bonds is 5. The number of hydrogen-bond acceptors (Lipinski definition) is 3. The molecule has 0 fully saturated rings. The number of ether oxygens (including phenoxy) is 1. The third kappa shape index (κ3) is 3.58. The first-order valence-corrected chi connectivity index (χ1v) is 7.20. The molecule has 1 atom stereocenters. The molecule has 1 amide bonds. The molecule has 0 bridgehead atoms. The van der Waals surface area contributed by atoms with Gasteiger partial charge in [0.05, 0.1) is 12.8 Å². The van der Waals surface area contributed by atoms with E-state index in [0.29, 0.717) is 0 Å². The summed E-state index contributed by atoms with van der Waals surface area (Å²) >= 11 is 0. The van der Waals surface area contributed by atoms with Crippen molar-refractivity contribution in [2.45, 2.75) is 13.0 Å². The molecular formula is C18H22N2O2. The molecule has 116 valence electrons. The fourth-order valence-electron chi connectivity index (χ4n) is 2.28. The molecule has 0 aromatic heterocycles. The zero-order valence-electron chi connectivity index (χ0n) is 13.5. The second-order valence-electron chi connectivity index (χ2n) is 5.42. The van der Waals surface area contributed by atoms with E-state index in [4.69, 9.17) is 4.74 Å². The van der Waals surface area contributed by atoms with E-state index in [0.717, 1.165) is 22.6 Å². The summed E-state index contributed by atoms with van der Waals surface area (Å²) in [5.74, 6) is 0.716. The van der Waals surface area contributed by atoms with Crippen LogP contribution < -0.4 is 10.1 Å². The van der Waals surface area contributed by atoms with Crippen LogP contribution in [0.4, 0.5) is 5.69 Å². The molecule has 0 aliphatic rings. The minimum Gasteiger partial charge on any atom is -0.495 e. The molecule has 2 rings (SSSR count). The van der Waals surface area contributed by atoms with Gasteiger partial charge in [-0.25, -0.2) is 0 Å². The summed E-state index contributed by atoms with van der Waals surface area (Å²) in [4.78, 5) is 14.1. The van der Waals surface area contributed by atoms with Crippen LogP contribution in [0.5, 0.6) is 5.75 Å². The van der Waals surface area contributed by atoms with Crippen LogP contribution >= 0.6 is 0 Å². The maximum atomic E-state index is 12.6. The Kier molecular flexibility index (Phi) is 5.04. The Morgan fingerprint density at radius 3 is 2.41 bits per heavy atom. The number of anilines is 1. The van der Waals surface area contributed by atoms with E-state index in [9.17, 15) is 4.79 Å². The third-order valence-electron chi connectivity index (χ3n) is 3.48. The van der Waals surface area contributed by atoms with E-state index in [1.54, 1.807) is 26.1 Å². The highest BCUT2D eigenvalue weighted by molar-refractivity contribution is 5.86. The van der Waals surface area contributed by atoms with E-state index < -0.39 is 6.04 Å². The Balaban J connectivity index is 2.39. The smallest absolute Gasteiger partial charge is 0.249 e. The van der Waals surface area contributed by atoms with Crippen LogP contribution in [0.1, 0.15) is 17.2 Å². The fraction of sp³-hybridized carbons (Fsp3) is 0.278. The molecule has 0 aliphatic carbocycles. The number of nitrogens with one attached hydrogen (secondary N) is 1. The van der Waals surface area contributed by atoms with Gasteiger partial charge in [0.15, 0.2) is 0 Å². The number of methoxy groups -OCH3 is 1. The van der Waals surface area contributed by atoms with Crippen LogP contribution in [0.2, 0.25) is 0 Å². The van der Waals surface area contributed by atoms with E-state index in [2.05, 4.69) is 5.32 Å². The molecule has 22 heavy (non-hydrogen) atoms. The highest BCUT2D eigenvalue weighted by Gasteiger charge is 2.23. The largest absolute Gasteiger partial charge is 0.495 e. The second kappa shape index (κ2) is 6.98. The molecule has 0 unspecified atom stereocenters. The molecule has 0 aliphatic heterocycles. The Morgan fingerprint density at radius 2 is 1.82 bits per heavy atom. The van der Waals surface area contributed by atoms with Crippen LogP contribution in [-0.2, 0) is 4.79 Å². The van der Waals surface area contributed by atoms with Gasteiger partial charge in [-0.2, -0.15) is 0 Å². The maximum Gasteiger partial charge on any atom is 0.249 e. The number of hydrogen-bond donors (Lipinski definition) is 1. The number of likely N-dealkylation sites (N-methyl/N-ethyl adjacent to an activating group) is 1. The molecule has 4 heteroatoms. The predicted molar refractivity (Wildman–Crippen MR) is 89.2 cm³/mol. The van der Waals surface area contributed by atoms with Crippen molar-refractivity contribution in [3.8, 4) is 5.75 Å². The van der Waals surface area contributed by atoms with Crippen molar-refractivity contribution in [1.82, 2.24) is 4.90 Å². The second-order valence-corrected chi connectivity index (χ2v) is 5.42. The predicted octanol–water partition coefficient (Wildman–Crippen LogP) is 3.25. The average molecular weight is 298 g/mol. The van der Waals surface area contributed by atoms with Gasteiger partial charge in [-0.3, -0.25) is 4.79 Å². The zero-order chi connectivity index (χ0) is 16.1. The normalized spacial score (nSPS) is 11.6. The van der Waals surface area contributed by atoms with Gasteiger partial charge in [-0.15, -0.1) is 0 Å². The average Bonchev–Trinajstić information content (AvgIpc) is 2.53. The first-order chi connectivity index (χ1) is 10.5. The molecule has 4 nitrogen and oxygen atoms in total. The topological polar surface area (TPSA) is 41.6 Å². The highest BCUT2D eigenvalue weighted by atomic mass is 16.5. The lowest BCUT2D eigenvalue weighted by Gasteiger charge is -2.24.